The summed E-state index contributed by atoms with van der Waals surface area (Å²) < 4.78 is 0. The van der Waals surface area contributed by atoms with Crippen LogP contribution in [0.15, 0.2) is 48.5 Å². The zero-order valence-electron chi connectivity index (χ0n) is 65.7. The first kappa shape index (κ1) is 99.2. The number of hydrogen-bond donors (Lipinski definition) is 23. The molecule has 2 aromatic carbocycles. The average molecular weight is 1630 g/mol. The number of nitrogens with two attached hydrogens (primary N) is 3. The van der Waals surface area contributed by atoms with E-state index in [1.807, 2.05) is 0 Å². The number of nitrogens with one attached hydrogen (secondary N) is 14. The Kier molecular flexibility index (Phi) is 44.7. The number of primary amides is 1. The average Bonchev–Trinajstić information content (AvgIpc) is 0.844. The van der Waals surface area contributed by atoms with Gasteiger partial charge in [0.1, 0.15) is 71.9 Å². The van der Waals surface area contributed by atoms with Crippen LogP contribution in [0.4, 0.5) is 0 Å². The number of carbonyl (C=O) groups is 16. The third kappa shape index (κ3) is 37.5. The van der Waals surface area contributed by atoms with Crippen LogP contribution >= 0.6 is 24.4 Å². The number of thioether (sulfide) groups is 1. The summed E-state index contributed by atoms with van der Waals surface area (Å²) >= 11 is 5.22. The van der Waals surface area contributed by atoms with Gasteiger partial charge >= 0.3 is 5.97 Å². The molecule has 0 unspecified atom stereocenters. The van der Waals surface area contributed by atoms with Gasteiger partial charge < -0.3 is 117 Å². The molecule has 25 N–H and O–H groups in total. The minimum Gasteiger partial charge on any atom is -0.508 e. The van der Waals surface area contributed by atoms with E-state index in [0.29, 0.717) is 17.5 Å². The van der Waals surface area contributed by atoms with Gasteiger partial charge in [-0.15, -0.1) is 0 Å². The van der Waals surface area contributed by atoms with Crippen molar-refractivity contribution in [2.45, 2.75) is 218 Å². The summed E-state index contributed by atoms with van der Waals surface area (Å²) in [5.41, 5.74) is 17.6. The smallest absolute Gasteiger partial charge is 0.328 e. The highest BCUT2D eigenvalue weighted by Crippen LogP contribution is 2.18. The van der Waals surface area contributed by atoms with E-state index in [-0.39, 0.29) is 86.3 Å². The molecule has 40 heteroatoms. The van der Waals surface area contributed by atoms with Gasteiger partial charge in [0.05, 0.1) is 37.9 Å². The summed E-state index contributed by atoms with van der Waals surface area (Å²) in [6, 6.07) is -6.72. The highest BCUT2D eigenvalue weighted by molar-refractivity contribution is 7.98. The maximum absolute atomic E-state index is 14.7. The number of unbranched alkanes of at least 4 members (excludes halogenated alkanes) is 1. The molecule has 0 saturated heterocycles. The van der Waals surface area contributed by atoms with E-state index in [1.165, 1.54) is 60.3 Å². The van der Waals surface area contributed by atoms with Crippen molar-refractivity contribution in [1.82, 2.24) is 74.4 Å². The Hall–Kier alpha value is -9.90. The lowest BCUT2D eigenvalue weighted by atomic mass is 9.98. The number of aliphatic hydroxyl groups is 2. The topological polar surface area (TPSA) is 621 Å². The monoisotopic (exact) mass is 1630 g/mol. The largest absolute Gasteiger partial charge is 0.508 e. The second-order valence-corrected chi connectivity index (χ2v) is 30.2. The number of aliphatic carboxylic acids is 1. The zero-order valence-corrected chi connectivity index (χ0v) is 67.4. The van der Waals surface area contributed by atoms with Crippen LogP contribution in [-0.4, -0.2) is 249 Å². The van der Waals surface area contributed by atoms with Gasteiger partial charge in [0, 0.05) is 25.0 Å². The Balaban J connectivity index is 2.50. The molecule has 15 amide bonds. The van der Waals surface area contributed by atoms with Gasteiger partial charge in [-0.3, -0.25) is 71.9 Å². The fraction of sp³-hybridized carbons (Fsp3) is 0.616. The Morgan fingerprint density at radius 1 is 0.416 bits per heavy atom. The van der Waals surface area contributed by atoms with Gasteiger partial charge in [-0.25, -0.2) is 4.79 Å². The maximum atomic E-state index is 14.7. The second kappa shape index (κ2) is 51.0. The summed E-state index contributed by atoms with van der Waals surface area (Å²) in [4.78, 5) is 218. The van der Waals surface area contributed by atoms with Crippen molar-refractivity contribution < 1.29 is 102 Å². The fourth-order valence-corrected chi connectivity index (χ4v) is 11.6. The zero-order chi connectivity index (χ0) is 85.5. The van der Waals surface area contributed by atoms with E-state index in [0.717, 1.165) is 13.8 Å². The van der Waals surface area contributed by atoms with Crippen molar-refractivity contribution in [2.75, 3.05) is 43.9 Å². The highest BCUT2D eigenvalue weighted by Gasteiger charge is 2.39. The summed E-state index contributed by atoms with van der Waals surface area (Å²) in [7, 11) is 0. The lowest BCUT2D eigenvalue weighted by Gasteiger charge is -2.30. The summed E-state index contributed by atoms with van der Waals surface area (Å²) in [5.74, 6) is -17.4. The number of aromatic hydroxyl groups is 2. The van der Waals surface area contributed by atoms with Crippen LogP contribution in [-0.2, 0) is 89.6 Å². The van der Waals surface area contributed by atoms with Gasteiger partial charge in [-0.2, -0.15) is 24.4 Å². The van der Waals surface area contributed by atoms with Crippen molar-refractivity contribution in [3.63, 3.8) is 0 Å². The van der Waals surface area contributed by atoms with E-state index in [1.54, 1.807) is 61.6 Å². The second-order valence-electron chi connectivity index (χ2n) is 28.9. The van der Waals surface area contributed by atoms with Crippen molar-refractivity contribution in [1.29, 1.82) is 0 Å². The number of carboxylic acid groups (broad SMARTS) is 1. The first-order valence-corrected chi connectivity index (χ1v) is 39.2. The highest BCUT2D eigenvalue weighted by atomic mass is 32.2. The van der Waals surface area contributed by atoms with Crippen LogP contribution in [0.2, 0.25) is 0 Å². The molecule has 2 aromatic rings. The van der Waals surface area contributed by atoms with Gasteiger partial charge in [0.25, 0.3) is 0 Å². The van der Waals surface area contributed by atoms with Crippen molar-refractivity contribution >= 4 is 119 Å². The number of carbonyl (C=O) groups excluding carboxylic acids is 15. The Labute approximate surface area is 666 Å². The quantitative estimate of drug-likeness (QED) is 0.0218. The van der Waals surface area contributed by atoms with Crippen LogP contribution in [0.5, 0.6) is 11.5 Å². The Morgan fingerprint density at radius 3 is 1.18 bits per heavy atom. The van der Waals surface area contributed by atoms with E-state index < -0.39 is 224 Å². The summed E-state index contributed by atoms with van der Waals surface area (Å²) in [6.07, 6.45) is -2.50. The molecule has 14 atom stereocenters. The van der Waals surface area contributed by atoms with Crippen LogP contribution in [0, 0.1) is 23.7 Å². The number of benzene rings is 2. The van der Waals surface area contributed by atoms with Crippen LogP contribution in [0.25, 0.3) is 0 Å². The molecule has 0 fully saturated rings. The molecule has 38 nitrogen and oxygen atoms in total. The molecule has 0 heterocycles. The number of phenolic OH excluding ortho intramolecular Hbond substituents is 2. The van der Waals surface area contributed by atoms with E-state index in [2.05, 4.69) is 87.1 Å². The molecule has 0 radical (unpaired) electrons. The molecule has 632 valence electrons. The molecular formula is C73H117N17O21S2. The molecule has 2 rings (SSSR count). The molecule has 0 saturated carbocycles. The van der Waals surface area contributed by atoms with Crippen molar-refractivity contribution in [2.24, 2.45) is 40.9 Å². The minimum atomic E-state index is -1.79. The number of thiol groups is 1. The summed E-state index contributed by atoms with van der Waals surface area (Å²) in [6.45, 7) is 13.8. The standard InChI is InChI=1S/C73H117N17O21S2/c1-36(2)28-50(84-63(100)48(23-24-54(76)95)81-66(103)51(29-37(3)4)85-68(105)52(30-42-15-19-44(93)20-16-42)80-57(98)34-78-55(96)32-77-56(97)33-79-62(99)46(75)35-112)67(104)82-49(25-27-113-11)65(102)87-58(38(5)6)70(107)86-53(31-43-17-21-45(94)22-18-43)69(106)88-59(39(7)8)71(108)89-60(40(9)91)72(109)83-47(14-12-13-26-74)64(101)90-61(41(10)92)73(110)111/h15-22,36-41,46-53,58-61,91-94,112H,12-14,23-35,74-75H2,1-11H3,(H2,76,95)(H,77,97)(H,78,96)(H,79,99)(H,80,98)(H,81,103)(H,82,104)(H,83,109)(H,84,100)(H,85,105)(H,86,107)(H,87,102)(H,88,106)(H,89,108)(H,90,101)(H,110,111)/t40-,41-,46+,47+,48+,49+,50+,51+,52+,53+,58+,59+,60+,61+/m1/s1. The van der Waals surface area contributed by atoms with Gasteiger partial charge in [0.15, 0.2) is 6.04 Å². The minimum absolute atomic E-state index is 0.00973. The predicted octanol–water partition coefficient (Wildman–Crippen LogP) is -4.78. The normalized spacial score (nSPS) is 15.0. The Bertz CT molecular complexity index is 3520. The molecular weight excluding hydrogens is 1520 g/mol. The van der Waals surface area contributed by atoms with E-state index in [9.17, 15) is 102 Å². The number of carboxylic acids is 1. The first-order chi connectivity index (χ1) is 53.0. The maximum Gasteiger partial charge on any atom is 0.328 e. The van der Waals surface area contributed by atoms with E-state index in [4.69, 9.17) is 17.2 Å². The predicted molar refractivity (Wildman–Crippen MR) is 420 cm³/mol. The SMILES string of the molecule is CSCC[C@H](NC(=O)[C@H](CC(C)C)NC(=O)[C@H](CCC(N)=O)NC(=O)[C@H](CC(C)C)NC(=O)[C@H](Cc1ccc(O)cc1)NC(=O)CNC(=O)CNC(=O)CNC(=O)[C@@H](N)CS)C(=O)N[C@H](C(=O)N[C@@H](Cc1ccc(O)cc1)C(=O)N[C@H](C(=O)N[C@H](C(=O)N[C@@H](CCCCN)C(=O)N[C@H](C(=O)O)[C@@H](C)O)[C@@H](C)O)C(C)C)C(C)C. The van der Waals surface area contributed by atoms with Gasteiger partial charge in [0.2, 0.25) is 88.6 Å². The lowest BCUT2D eigenvalue weighted by molar-refractivity contribution is -0.145. The van der Waals surface area contributed by atoms with E-state index >= 15 is 0 Å². The molecule has 0 aliphatic rings. The van der Waals surface area contributed by atoms with Crippen molar-refractivity contribution in [3.05, 3.63) is 59.7 Å². The molecule has 0 spiro atoms. The molecule has 0 aliphatic carbocycles. The van der Waals surface area contributed by atoms with Crippen LogP contribution in [0.3, 0.4) is 0 Å². The van der Waals surface area contributed by atoms with Gasteiger partial charge in [-0.05, 0) is 136 Å². The number of rotatable bonds is 52. The van der Waals surface area contributed by atoms with Crippen LogP contribution in [0.1, 0.15) is 132 Å². The third-order valence-electron chi connectivity index (χ3n) is 17.3. The van der Waals surface area contributed by atoms with Crippen molar-refractivity contribution in [3.8, 4) is 11.5 Å². The molecule has 0 aliphatic heterocycles. The Morgan fingerprint density at radius 2 is 0.761 bits per heavy atom. The number of hydrogen-bond acceptors (Lipinski definition) is 24. The number of aliphatic hydroxyl groups excluding tert-OH is 2. The molecule has 113 heavy (non-hydrogen) atoms. The molecule has 0 aromatic heterocycles. The summed E-state index contributed by atoms with van der Waals surface area (Å²) in [5, 5.41) is 85.5. The first-order valence-electron chi connectivity index (χ1n) is 37.2. The molecule has 0 bridgehead atoms. The lowest BCUT2D eigenvalue weighted by Crippen LogP contribution is -2.63. The third-order valence-corrected chi connectivity index (χ3v) is 18.3. The fourth-order valence-electron chi connectivity index (χ4n) is 11.0. The van der Waals surface area contributed by atoms with Gasteiger partial charge in [-0.1, -0.05) is 79.7 Å². The number of phenols is 2. The van der Waals surface area contributed by atoms with Crippen LogP contribution < -0.4 is 91.6 Å². The number of amides is 15.